The van der Waals surface area contributed by atoms with E-state index in [0.29, 0.717) is 5.92 Å². The van der Waals surface area contributed by atoms with Crippen LogP contribution in [0.1, 0.15) is 65.9 Å². The number of hydrogen-bond acceptors (Lipinski definition) is 1. The second kappa shape index (κ2) is 7.57. The fourth-order valence-corrected chi connectivity index (χ4v) is 2.32. The van der Waals surface area contributed by atoms with Crippen LogP contribution in [0.4, 0.5) is 0 Å². The molecule has 1 aromatic carbocycles. The molecule has 0 spiro atoms. The van der Waals surface area contributed by atoms with Crippen molar-refractivity contribution in [2.24, 2.45) is 5.92 Å². The van der Waals surface area contributed by atoms with Crippen molar-refractivity contribution in [3.05, 3.63) is 29.8 Å². The highest BCUT2D eigenvalue weighted by Gasteiger charge is 2.18. The maximum absolute atomic E-state index is 6.11. The van der Waals surface area contributed by atoms with Crippen LogP contribution < -0.4 is 4.74 Å². The van der Waals surface area contributed by atoms with Gasteiger partial charge in [-0.25, -0.2) is 0 Å². The molecule has 0 N–H and O–H groups in total. The van der Waals surface area contributed by atoms with Crippen LogP contribution in [0.15, 0.2) is 24.3 Å². The smallest absolute Gasteiger partial charge is 0.123 e. The van der Waals surface area contributed by atoms with Gasteiger partial charge >= 0.3 is 0 Å². The zero-order valence-electron chi connectivity index (χ0n) is 13.3. The second-order valence-corrected chi connectivity index (χ2v) is 6.47. The summed E-state index contributed by atoms with van der Waals surface area (Å²) in [6.45, 7) is 12.1. The fourth-order valence-electron chi connectivity index (χ4n) is 2.32. The summed E-state index contributed by atoms with van der Waals surface area (Å²) in [6.07, 6.45) is 5.07. The third-order valence-electron chi connectivity index (χ3n) is 3.71. The Bertz CT molecular complexity index is 362. The highest BCUT2D eigenvalue weighted by molar-refractivity contribution is 5.38. The third kappa shape index (κ3) is 5.26. The van der Waals surface area contributed by atoms with Gasteiger partial charge in [0.05, 0.1) is 6.61 Å². The van der Waals surface area contributed by atoms with Crippen molar-refractivity contribution < 1.29 is 4.74 Å². The number of para-hydroxylation sites is 1. The third-order valence-corrected chi connectivity index (χ3v) is 3.71. The molecule has 0 aliphatic rings. The van der Waals surface area contributed by atoms with Gasteiger partial charge in [-0.1, -0.05) is 72.1 Å². The molecule has 1 nitrogen and oxygen atoms in total. The average Bonchev–Trinajstić information content (AvgIpc) is 2.38. The average molecular weight is 262 g/mol. The van der Waals surface area contributed by atoms with Crippen molar-refractivity contribution >= 4 is 0 Å². The van der Waals surface area contributed by atoms with E-state index in [2.05, 4.69) is 58.9 Å². The van der Waals surface area contributed by atoms with E-state index < -0.39 is 0 Å². The van der Waals surface area contributed by atoms with E-state index in [4.69, 9.17) is 4.74 Å². The molecule has 1 aromatic rings. The minimum atomic E-state index is 0.141. The lowest BCUT2D eigenvalue weighted by molar-refractivity contribution is 0.229. The van der Waals surface area contributed by atoms with Crippen LogP contribution in [0.5, 0.6) is 5.75 Å². The van der Waals surface area contributed by atoms with Crippen LogP contribution >= 0.6 is 0 Å². The Balaban J connectivity index is 2.66. The number of ether oxygens (including phenoxy) is 1. The predicted octanol–water partition coefficient (Wildman–Crippen LogP) is 5.58. The first kappa shape index (κ1) is 16.1. The van der Waals surface area contributed by atoms with Crippen LogP contribution in [-0.2, 0) is 5.41 Å². The molecule has 0 saturated heterocycles. The minimum Gasteiger partial charge on any atom is -0.493 e. The summed E-state index contributed by atoms with van der Waals surface area (Å²) in [4.78, 5) is 0. The van der Waals surface area contributed by atoms with E-state index in [1.807, 2.05) is 0 Å². The fraction of sp³-hybridized carbons (Fsp3) is 0.667. The van der Waals surface area contributed by atoms with E-state index in [9.17, 15) is 0 Å². The Morgan fingerprint density at radius 1 is 1.11 bits per heavy atom. The standard InChI is InChI=1S/C18H30O/c1-6-8-11-15(7-2)14-19-17-13-10-9-12-16(17)18(3,4)5/h9-10,12-13,15H,6-8,11,14H2,1-5H3. The van der Waals surface area contributed by atoms with E-state index >= 15 is 0 Å². The minimum absolute atomic E-state index is 0.141. The Hall–Kier alpha value is -0.980. The monoisotopic (exact) mass is 262 g/mol. The van der Waals surface area contributed by atoms with Gasteiger partial charge in [0.1, 0.15) is 5.75 Å². The molecule has 19 heavy (non-hydrogen) atoms. The first-order chi connectivity index (χ1) is 8.99. The Kier molecular flexibility index (Phi) is 6.41. The zero-order chi connectivity index (χ0) is 14.3. The Labute approximate surface area is 119 Å². The molecular formula is C18H30O. The molecule has 0 aromatic heterocycles. The van der Waals surface area contributed by atoms with Gasteiger partial charge in [-0.05, 0) is 29.4 Å². The first-order valence-electron chi connectivity index (χ1n) is 7.71. The molecule has 0 fully saturated rings. The molecule has 0 bridgehead atoms. The van der Waals surface area contributed by atoms with Gasteiger partial charge in [0, 0.05) is 0 Å². The Morgan fingerprint density at radius 3 is 2.37 bits per heavy atom. The molecule has 1 heteroatoms. The topological polar surface area (TPSA) is 9.23 Å². The SMILES string of the molecule is CCCCC(CC)COc1ccccc1C(C)(C)C. The van der Waals surface area contributed by atoms with Gasteiger partial charge in [0.2, 0.25) is 0 Å². The molecule has 0 radical (unpaired) electrons. The van der Waals surface area contributed by atoms with Gasteiger partial charge in [-0.3, -0.25) is 0 Å². The molecule has 0 aliphatic heterocycles. The van der Waals surface area contributed by atoms with Crippen molar-refractivity contribution in [3.8, 4) is 5.75 Å². The molecule has 0 aliphatic carbocycles. The van der Waals surface area contributed by atoms with Crippen LogP contribution in [0, 0.1) is 5.92 Å². The van der Waals surface area contributed by atoms with Gasteiger partial charge in [-0.2, -0.15) is 0 Å². The van der Waals surface area contributed by atoms with E-state index in [1.54, 1.807) is 0 Å². The highest BCUT2D eigenvalue weighted by Crippen LogP contribution is 2.31. The molecule has 1 rings (SSSR count). The summed E-state index contributed by atoms with van der Waals surface area (Å²) in [5.41, 5.74) is 1.45. The molecular weight excluding hydrogens is 232 g/mol. The van der Waals surface area contributed by atoms with E-state index in [-0.39, 0.29) is 5.41 Å². The lowest BCUT2D eigenvalue weighted by atomic mass is 9.86. The lowest BCUT2D eigenvalue weighted by Gasteiger charge is -2.24. The second-order valence-electron chi connectivity index (χ2n) is 6.47. The molecule has 108 valence electrons. The quantitative estimate of drug-likeness (QED) is 0.623. The summed E-state index contributed by atoms with van der Waals surface area (Å²) >= 11 is 0. The van der Waals surface area contributed by atoms with Crippen molar-refractivity contribution in [1.29, 1.82) is 0 Å². The highest BCUT2D eigenvalue weighted by atomic mass is 16.5. The van der Waals surface area contributed by atoms with E-state index in [0.717, 1.165) is 12.4 Å². The maximum Gasteiger partial charge on any atom is 0.123 e. The van der Waals surface area contributed by atoms with Crippen molar-refractivity contribution in [2.45, 2.75) is 65.7 Å². The van der Waals surface area contributed by atoms with Crippen LogP contribution in [0.2, 0.25) is 0 Å². The zero-order valence-corrected chi connectivity index (χ0v) is 13.3. The largest absolute Gasteiger partial charge is 0.493 e. The molecule has 1 unspecified atom stereocenters. The summed E-state index contributed by atoms with van der Waals surface area (Å²) in [5, 5.41) is 0. The molecule has 0 saturated carbocycles. The Morgan fingerprint density at radius 2 is 1.79 bits per heavy atom. The maximum atomic E-state index is 6.11. The molecule has 1 atom stereocenters. The number of benzene rings is 1. The molecule has 0 heterocycles. The number of hydrogen-bond donors (Lipinski definition) is 0. The summed E-state index contributed by atoms with van der Waals surface area (Å²) in [5.74, 6) is 1.75. The summed E-state index contributed by atoms with van der Waals surface area (Å²) < 4.78 is 6.11. The van der Waals surface area contributed by atoms with Crippen molar-refractivity contribution in [1.82, 2.24) is 0 Å². The summed E-state index contributed by atoms with van der Waals surface area (Å²) in [7, 11) is 0. The summed E-state index contributed by atoms with van der Waals surface area (Å²) in [6, 6.07) is 8.45. The lowest BCUT2D eigenvalue weighted by Crippen LogP contribution is -2.16. The number of rotatable bonds is 7. The first-order valence-corrected chi connectivity index (χ1v) is 7.71. The predicted molar refractivity (Wildman–Crippen MR) is 83.9 cm³/mol. The van der Waals surface area contributed by atoms with Crippen molar-refractivity contribution in [2.75, 3.05) is 6.61 Å². The van der Waals surface area contributed by atoms with Crippen LogP contribution in [-0.4, -0.2) is 6.61 Å². The van der Waals surface area contributed by atoms with Gasteiger partial charge in [0.15, 0.2) is 0 Å². The number of unbranched alkanes of at least 4 members (excludes halogenated alkanes) is 1. The van der Waals surface area contributed by atoms with Gasteiger partial charge in [0.25, 0.3) is 0 Å². The normalized spacial score (nSPS) is 13.3. The molecule has 0 amide bonds. The van der Waals surface area contributed by atoms with Gasteiger partial charge in [-0.15, -0.1) is 0 Å². The van der Waals surface area contributed by atoms with E-state index in [1.165, 1.54) is 31.2 Å². The van der Waals surface area contributed by atoms with Crippen molar-refractivity contribution in [3.63, 3.8) is 0 Å². The van der Waals surface area contributed by atoms with Crippen LogP contribution in [0.3, 0.4) is 0 Å². The van der Waals surface area contributed by atoms with Crippen LogP contribution in [0.25, 0.3) is 0 Å². The van der Waals surface area contributed by atoms with Gasteiger partial charge < -0.3 is 4.74 Å².